The van der Waals surface area contributed by atoms with E-state index in [4.69, 9.17) is 9.47 Å². The van der Waals surface area contributed by atoms with Crippen molar-refractivity contribution in [3.05, 3.63) is 47.8 Å². The summed E-state index contributed by atoms with van der Waals surface area (Å²) in [6.45, 7) is 4.84. The number of aryl methyl sites for hydroxylation is 1. The molecule has 0 bridgehead atoms. The van der Waals surface area contributed by atoms with Crippen molar-refractivity contribution in [1.82, 2.24) is 14.9 Å². The van der Waals surface area contributed by atoms with Gasteiger partial charge in [0.05, 0.1) is 31.2 Å². The highest BCUT2D eigenvalue weighted by atomic mass is 35.5. The van der Waals surface area contributed by atoms with Gasteiger partial charge in [-0.1, -0.05) is 6.92 Å². The molecule has 8 heteroatoms. The lowest BCUT2D eigenvalue weighted by molar-refractivity contribution is 0.0609. The molecule has 3 heterocycles. The maximum absolute atomic E-state index is 13.7. The number of rotatable bonds is 6. The molecule has 1 unspecified atom stereocenters. The average Bonchev–Trinajstić information content (AvgIpc) is 2.83. The lowest BCUT2D eigenvalue weighted by atomic mass is 9.98. The number of carbonyl (C=O) groups excluding carboxylic acids is 1. The number of halogens is 1. The van der Waals surface area contributed by atoms with Crippen molar-refractivity contribution in [3.63, 3.8) is 0 Å². The number of pyridine rings is 2. The van der Waals surface area contributed by atoms with Crippen molar-refractivity contribution in [2.45, 2.75) is 45.6 Å². The standard InChI is InChI=1S/C25H30N4O3.ClH/c1-5-17-8-6-7-13-29(17)25(30)20-15-26-24-19(11-9-16(2)27-24)23(20)28-21-14-18(31-3)10-12-22(21)32-4;/h9-12,14-15,17H,5-8,13H2,1-4H3,(H,26,27,28);1H. The van der Waals surface area contributed by atoms with Crippen LogP contribution in [0, 0.1) is 6.92 Å². The predicted molar refractivity (Wildman–Crippen MR) is 133 cm³/mol. The Morgan fingerprint density at radius 1 is 1.18 bits per heavy atom. The van der Waals surface area contributed by atoms with E-state index < -0.39 is 0 Å². The number of piperidine rings is 1. The van der Waals surface area contributed by atoms with Crippen LogP contribution < -0.4 is 14.8 Å². The summed E-state index contributed by atoms with van der Waals surface area (Å²) < 4.78 is 11.0. The van der Waals surface area contributed by atoms with Gasteiger partial charge >= 0.3 is 0 Å². The van der Waals surface area contributed by atoms with Crippen molar-refractivity contribution in [1.29, 1.82) is 0 Å². The third-order valence-electron chi connectivity index (χ3n) is 6.12. The zero-order chi connectivity index (χ0) is 22.7. The van der Waals surface area contributed by atoms with Crippen LogP contribution in [0.1, 0.15) is 48.7 Å². The number of amides is 1. The molecule has 7 nitrogen and oxygen atoms in total. The normalized spacial score (nSPS) is 15.6. The van der Waals surface area contributed by atoms with Crippen LogP contribution >= 0.6 is 12.4 Å². The van der Waals surface area contributed by atoms with E-state index in [0.717, 1.165) is 43.3 Å². The van der Waals surface area contributed by atoms with Gasteiger partial charge in [0.25, 0.3) is 5.91 Å². The number of methoxy groups -OCH3 is 2. The molecular weight excluding hydrogens is 440 g/mol. The predicted octanol–water partition coefficient (Wildman–Crippen LogP) is 5.53. The number of hydrogen-bond acceptors (Lipinski definition) is 6. The molecule has 2 aromatic heterocycles. The summed E-state index contributed by atoms with van der Waals surface area (Å²) in [5, 5.41) is 4.24. The topological polar surface area (TPSA) is 76.6 Å². The van der Waals surface area contributed by atoms with Crippen LogP contribution in [0.2, 0.25) is 0 Å². The van der Waals surface area contributed by atoms with E-state index in [-0.39, 0.29) is 24.4 Å². The van der Waals surface area contributed by atoms with Gasteiger partial charge in [-0.25, -0.2) is 9.97 Å². The first-order valence-corrected chi connectivity index (χ1v) is 11.1. The van der Waals surface area contributed by atoms with E-state index in [9.17, 15) is 4.79 Å². The van der Waals surface area contributed by atoms with E-state index in [2.05, 4.69) is 22.2 Å². The van der Waals surface area contributed by atoms with Crippen molar-refractivity contribution in [3.8, 4) is 11.5 Å². The summed E-state index contributed by atoms with van der Waals surface area (Å²) in [5.41, 5.74) is 3.39. The minimum atomic E-state index is -0.00381. The Kier molecular flexibility index (Phi) is 7.97. The first-order valence-electron chi connectivity index (χ1n) is 11.1. The Balaban J connectivity index is 0.00000306. The Bertz CT molecular complexity index is 1140. The first-order chi connectivity index (χ1) is 15.5. The highest BCUT2D eigenvalue weighted by Crippen LogP contribution is 2.36. The van der Waals surface area contributed by atoms with Gasteiger partial charge in [0.15, 0.2) is 5.65 Å². The lowest BCUT2D eigenvalue weighted by Gasteiger charge is -2.35. The maximum Gasteiger partial charge on any atom is 0.257 e. The number of nitrogens with one attached hydrogen (secondary N) is 1. The van der Waals surface area contributed by atoms with Crippen LogP contribution in [0.4, 0.5) is 11.4 Å². The number of likely N-dealkylation sites (tertiary alicyclic amines) is 1. The molecule has 1 atom stereocenters. The average molecular weight is 471 g/mol. The number of anilines is 2. The number of benzene rings is 1. The minimum Gasteiger partial charge on any atom is -0.497 e. The van der Waals surface area contributed by atoms with Crippen LogP contribution in [-0.2, 0) is 0 Å². The van der Waals surface area contributed by atoms with Gasteiger partial charge in [0.1, 0.15) is 11.5 Å². The molecule has 0 aliphatic carbocycles. The lowest BCUT2D eigenvalue weighted by Crippen LogP contribution is -2.43. The third kappa shape index (κ3) is 4.98. The molecule has 0 saturated carbocycles. The van der Waals surface area contributed by atoms with Crippen LogP contribution in [-0.4, -0.2) is 47.6 Å². The molecule has 1 amide bonds. The molecule has 1 aliphatic rings. The van der Waals surface area contributed by atoms with Crippen molar-refractivity contribution in [2.24, 2.45) is 0 Å². The monoisotopic (exact) mass is 470 g/mol. The van der Waals surface area contributed by atoms with Crippen LogP contribution in [0.15, 0.2) is 36.5 Å². The fourth-order valence-electron chi connectivity index (χ4n) is 4.36. The van der Waals surface area contributed by atoms with E-state index in [1.807, 2.05) is 42.2 Å². The summed E-state index contributed by atoms with van der Waals surface area (Å²) >= 11 is 0. The van der Waals surface area contributed by atoms with Crippen LogP contribution in [0.5, 0.6) is 11.5 Å². The number of aromatic nitrogens is 2. The zero-order valence-electron chi connectivity index (χ0n) is 19.6. The van der Waals surface area contributed by atoms with Crippen LogP contribution in [0.3, 0.4) is 0 Å². The smallest absolute Gasteiger partial charge is 0.257 e. The van der Waals surface area contributed by atoms with Gasteiger partial charge in [0.2, 0.25) is 0 Å². The molecular formula is C25H31ClN4O3. The molecule has 4 rings (SSSR count). The summed E-state index contributed by atoms with van der Waals surface area (Å²) in [4.78, 5) is 24.8. The molecule has 0 spiro atoms. The SMILES string of the molecule is CCC1CCCCN1C(=O)c1cnc2nc(C)ccc2c1Nc1cc(OC)ccc1OC.Cl. The van der Waals surface area contributed by atoms with E-state index >= 15 is 0 Å². The number of carbonyl (C=O) groups is 1. The largest absolute Gasteiger partial charge is 0.497 e. The third-order valence-corrected chi connectivity index (χ3v) is 6.12. The second-order valence-electron chi connectivity index (χ2n) is 8.12. The summed E-state index contributed by atoms with van der Waals surface area (Å²) in [5.74, 6) is 1.34. The first kappa shape index (κ1) is 24.6. The second kappa shape index (κ2) is 10.7. The fraction of sp³-hybridized carbons (Fsp3) is 0.400. The molecule has 0 radical (unpaired) electrons. The van der Waals surface area contributed by atoms with Crippen molar-refractivity contribution in [2.75, 3.05) is 26.1 Å². The molecule has 1 fully saturated rings. The van der Waals surface area contributed by atoms with Gasteiger partial charge in [0, 0.05) is 35.9 Å². The molecule has 1 saturated heterocycles. The molecule has 33 heavy (non-hydrogen) atoms. The highest BCUT2D eigenvalue weighted by Gasteiger charge is 2.29. The van der Waals surface area contributed by atoms with Crippen LogP contribution in [0.25, 0.3) is 11.0 Å². The molecule has 3 aromatic rings. The number of ether oxygens (including phenoxy) is 2. The zero-order valence-corrected chi connectivity index (χ0v) is 20.4. The maximum atomic E-state index is 13.7. The summed E-state index contributed by atoms with van der Waals surface area (Å²) in [6, 6.07) is 9.68. The Morgan fingerprint density at radius 2 is 2.00 bits per heavy atom. The molecule has 1 N–H and O–H groups in total. The van der Waals surface area contributed by atoms with Crippen molar-refractivity contribution >= 4 is 40.7 Å². The Morgan fingerprint density at radius 3 is 2.73 bits per heavy atom. The van der Waals surface area contributed by atoms with E-state index in [0.29, 0.717) is 34.1 Å². The summed E-state index contributed by atoms with van der Waals surface area (Å²) in [6.07, 6.45) is 5.81. The minimum absolute atomic E-state index is 0. The number of hydrogen-bond donors (Lipinski definition) is 1. The summed E-state index contributed by atoms with van der Waals surface area (Å²) in [7, 11) is 3.24. The van der Waals surface area contributed by atoms with Gasteiger partial charge < -0.3 is 19.7 Å². The highest BCUT2D eigenvalue weighted by molar-refractivity contribution is 6.07. The molecule has 1 aromatic carbocycles. The van der Waals surface area contributed by atoms with Gasteiger partial charge in [-0.15, -0.1) is 12.4 Å². The van der Waals surface area contributed by atoms with E-state index in [1.54, 1.807) is 20.4 Å². The quantitative estimate of drug-likeness (QED) is 0.510. The molecule has 176 valence electrons. The fourth-order valence-corrected chi connectivity index (χ4v) is 4.36. The molecule has 1 aliphatic heterocycles. The van der Waals surface area contributed by atoms with Gasteiger partial charge in [-0.05, 0) is 56.9 Å². The van der Waals surface area contributed by atoms with Gasteiger partial charge in [-0.2, -0.15) is 0 Å². The van der Waals surface area contributed by atoms with Gasteiger partial charge in [-0.3, -0.25) is 4.79 Å². The number of fused-ring (bicyclic) bond motifs is 1. The second-order valence-corrected chi connectivity index (χ2v) is 8.12. The Hall–Kier alpha value is -3.06. The number of nitrogens with zero attached hydrogens (tertiary/aromatic N) is 3. The Labute approximate surface area is 200 Å². The van der Waals surface area contributed by atoms with Crippen molar-refractivity contribution < 1.29 is 14.3 Å². The van der Waals surface area contributed by atoms with E-state index in [1.165, 1.54) is 0 Å².